The van der Waals surface area contributed by atoms with E-state index in [4.69, 9.17) is 10.00 Å². The number of ether oxygens (including phenoxy) is 1. The van der Waals surface area contributed by atoms with Crippen LogP contribution >= 0.6 is 0 Å². The Hall–Kier alpha value is -2.43. The van der Waals surface area contributed by atoms with Crippen LogP contribution in [0.25, 0.3) is 0 Å². The molecular weight excluding hydrogens is 290 g/mol. The van der Waals surface area contributed by atoms with Crippen molar-refractivity contribution in [3.8, 4) is 11.8 Å². The number of sulfonamides is 1. The van der Waals surface area contributed by atoms with Crippen molar-refractivity contribution in [3.05, 3.63) is 53.9 Å². The van der Waals surface area contributed by atoms with E-state index in [2.05, 4.69) is 9.71 Å². The van der Waals surface area contributed by atoms with Crippen LogP contribution in [0.15, 0.2) is 47.5 Å². The molecule has 2 rings (SSSR count). The summed E-state index contributed by atoms with van der Waals surface area (Å²) in [6.45, 7) is 0.0616. The predicted molar refractivity (Wildman–Crippen MR) is 76.0 cm³/mol. The van der Waals surface area contributed by atoms with Crippen LogP contribution < -0.4 is 9.46 Å². The summed E-state index contributed by atoms with van der Waals surface area (Å²) in [7, 11) is -2.30. The predicted octanol–water partition coefficient (Wildman–Crippen LogP) is 1.44. The number of nitrogens with zero attached hydrogens (tertiary/aromatic N) is 2. The van der Waals surface area contributed by atoms with Gasteiger partial charge in [-0.1, -0.05) is 18.2 Å². The van der Waals surface area contributed by atoms with Gasteiger partial charge in [-0.2, -0.15) is 5.26 Å². The Morgan fingerprint density at radius 1 is 1.29 bits per heavy atom. The maximum absolute atomic E-state index is 12.2. The molecule has 0 spiro atoms. The van der Waals surface area contributed by atoms with E-state index in [1.807, 2.05) is 0 Å². The van der Waals surface area contributed by atoms with Crippen LogP contribution in [0.3, 0.4) is 0 Å². The molecule has 0 fully saturated rings. The Morgan fingerprint density at radius 3 is 2.76 bits per heavy atom. The molecule has 0 atom stereocenters. The van der Waals surface area contributed by atoms with Gasteiger partial charge in [-0.05, 0) is 18.2 Å². The quantitative estimate of drug-likeness (QED) is 0.902. The average molecular weight is 303 g/mol. The summed E-state index contributed by atoms with van der Waals surface area (Å²) >= 11 is 0. The van der Waals surface area contributed by atoms with Gasteiger partial charge in [-0.25, -0.2) is 18.1 Å². The summed E-state index contributed by atoms with van der Waals surface area (Å²) in [6.07, 6.45) is 1.37. The third kappa shape index (κ3) is 3.37. The molecule has 0 aliphatic carbocycles. The van der Waals surface area contributed by atoms with Gasteiger partial charge < -0.3 is 4.74 Å². The van der Waals surface area contributed by atoms with Crippen LogP contribution in [0.4, 0.5) is 0 Å². The Bertz CT molecular complexity index is 782. The molecule has 0 aliphatic rings. The van der Waals surface area contributed by atoms with E-state index in [1.165, 1.54) is 25.4 Å². The number of nitrogens with one attached hydrogen (secondary N) is 1. The van der Waals surface area contributed by atoms with Gasteiger partial charge >= 0.3 is 0 Å². The van der Waals surface area contributed by atoms with Gasteiger partial charge in [-0.3, -0.25) is 0 Å². The minimum absolute atomic E-state index is 0.0616. The summed E-state index contributed by atoms with van der Waals surface area (Å²) in [5.74, 6) is 0.590. The van der Waals surface area contributed by atoms with E-state index in [0.717, 1.165) is 0 Å². The van der Waals surface area contributed by atoms with Gasteiger partial charge in [0.2, 0.25) is 10.0 Å². The van der Waals surface area contributed by atoms with Gasteiger partial charge in [0.05, 0.1) is 7.11 Å². The number of para-hydroxylation sites is 1. The second kappa shape index (κ2) is 6.35. The molecule has 1 N–H and O–H groups in total. The highest BCUT2D eigenvalue weighted by atomic mass is 32.2. The summed E-state index contributed by atoms with van der Waals surface area (Å²) in [5, 5.41) is 8.92. The van der Waals surface area contributed by atoms with E-state index in [9.17, 15) is 8.42 Å². The highest BCUT2D eigenvalue weighted by Crippen LogP contribution is 2.18. The van der Waals surface area contributed by atoms with E-state index >= 15 is 0 Å². The summed E-state index contributed by atoms with van der Waals surface area (Å²) in [6, 6.07) is 11.7. The lowest BCUT2D eigenvalue weighted by atomic mass is 10.2. The molecule has 0 aliphatic heterocycles. The molecule has 0 saturated carbocycles. The molecule has 0 amide bonds. The van der Waals surface area contributed by atoms with Gasteiger partial charge in [-0.15, -0.1) is 0 Å². The normalized spacial score (nSPS) is 10.9. The maximum Gasteiger partial charge on any atom is 0.243 e. The second-order valence-electron chi connectivity index (χ2n) is 4.10. The summed E-state index contributed by atoms with van der Waals surface area (Å²) < 4.78 is 32.1. The first-order valence-corrected chi connectivity index (χ1v) is 7.53. The first-order chi connectivity index (χ1) is 10.1. The number of rotatable bonds is 5. The lowest BCUT2D eigenvalue weighted by Gasteiger charge is -2.10. The zero-order valence-corrected chi connectivity index (χ0v) is 12.1. The molecule has 0 saturated heterocycles. The van der Waals surface area contributed by atoms with Gasteiger partial charge in [0.15, 0.2) is 5.69 Å². The van der Waals surface area contributed by atoms with E-state index < -0.39 is 10.0 Å². The maximum atomic E-state index is 12.2. The van der Waals surface area contributed by atoms with Gasteiger partial charge in [0.1, 0.15) is 16.7 Å². The van der Waals surface area contributed by atoms with E-state index in [1.54, 1.807) is 30.3 Å². The van der Waals surface area contributed by atoms with Crippen LogP contribution in [0, 0.1) is 11.3 Å². The minimum Gasteiger partial charge on any atom is -0.496 e. The number of benzene rings is 1. The average Bonchev–Trinajstić information content (AvgIpc) is 2.53. The molecule has 0 bridgehead atoms. The lowest BCUT2D eigenvalue weighted by molar-refractivity contribution is 0.409. The molecule has 7 heteroatoms. The van der Waals surface area contributed by atoms with Crippen LogP contribution in [0.2, 0.25) is 0 Å². The molecule has 1 aromatic carbocycles. The molecular formula is C14H13N3O3S. The fourth-order valence-electron chi connectivity index (χ4n) is 1.79. The summed E-state index contributed by atoms with van der Waals surface area (Å²) in [4.78, 5) is 3.61. The molecule has 0 unspecified atom stereocenters. The van der Waals surface area contributed by atoms with Crippen LogP contribution in [0.1, 0.15) is 11.3 Å². The number of aromatic nitrogens is 1. The molecule has 1 heterocycles. The Morgan fingerprint density at radius 2 is 2.05 bits per heavy atom. The number of hydrogen-bond acceptors (Lipinski definition) is 5. The van der Waals surface area contributed by atoms with Crippen molar-refractivity contribution in [2.45, 2.75) is 11.4 Å². The lowest BCUT2D eigenvalue weighted by Crippen LogP contribution is -2.24. The SMILES string of the molecule is COc1ccccc1CNS(=O)(=O)c1cccnc1C#N. The molecule has 2 aromatic rings. The zero-order chi connectivity index (χ0) is 15.3. The van der Waals surface area contributed by atoms with Gasteiger partial charge in [0, 0.05) is 18.3 Å². The smallest absolute Gasteiger partial charge is 0.243 e. The van der Waals surface area contributed by atoms with Gasteiger partial charge in [0.25, 0.3) is 0 Å². The molecule has 0 radical (unpaired) electrons. The molecule has 6 nitrogen and oxygen atoms in total. The highest BCUT2D eigenvalue weighted by Gasteiger charge is 2.19. The van der Waals surface area contributed by atoms with Crippen molar-refractivity contribution in [1.82, 2.24) is 9.71 Å². The Labute approximate surface area is 123 Å². The van der Waals surface area contributed by atoms with Crippen LogP contribution in [-0.2, 0) is 16.6 Å². The zero-order valence-electron chi connectivity index (χ0n) is 11.3. The molecule has 108 valence electrons. The Balaban J connectivity index is 2.25. The van der Waals surface area contributed by atoms with E-state index in [-0.39, 0.29) is 17.1 Å². The van der Waals surface area contributed by atoms with Crippen molar-refractivity contribution in [2.75, 3.05) is 7.11 Å². The number of nitriles is 1. The third-order valence-corrected chi connectivity index (χ3v) is 4.24. The number of hydrogen-bond donors (Lipinski definition) is 1. The standard InChI is InChI=1S/C14H13N3O3S/c1-20-13-6-3-2-5-11(13)10-17-21(18,19)14-7-4-8-16-12(14)9-15/h2-8,17H,10H2,1H3. The van der Waals surface area contributed by atoms with Crippen molar-refractivity contribution in [2.24, 2.45) is 0 Å². The van der Waals surface area contributed by atoms with E-state index in [0.29, 0.717) is 11.3 Å². The summed E-state index contributed by atoms with van der Waals surface area (Å²) in [5.41, 5.74) is 0.566. The minimum atomic E-state index is -3.82. The fourth-order valence-corrected chi connectivity index (χ4v) is 2.90. The highest BCUT2D eigenvalue weighted by molar-refractivity contribution is 7.89. The molecule has 21 heavy (non-hydrogen) atoms. The van der Waals surface area contributed by atoms with Crippen LogP contribution in [-0.4, -0.2) is 20.5 Å². The topological polar surface area (TPSA) is 92.1 Å². The molecule has 1 aromatic heterocycles. The van der Waals surface area contributed by atoms with Crippen molar-refractivity contribution < 1.29 is 13.2 Å². The number of methoxy groups -OCH3 is 1. The van der Waals surface area contributed by atoms with Crippen LogP contribution in [0.5, 0.6) is 5.75 Å². The monoisotopic (exact) mass is 303 g/mol. The number of pyridine rings is 1. The first kappa shape index (κ1) is 15.0. The second-order valence-corrected chi connectivity index (χ2v) is 5.83. The van der Waals surface area contributed by atoms with Crippen molar-refractivity contribution in [1.29, 1.82) is 5.26 Å². The first-order valence-electron chi connectivity index (χ1n) is 6.05. The van der Waals surface area contributed by atoms with Crippen molar-refractivity contribution in [3.63, 3.8) is 0 Å². The largest absolute Gasteiger partial charge is 0.496 e. The third-order valence-electron chi connectivity index (χ3n) is 2.81. The Kier molecular flexibility index (Phi) is 4.52. The fraction of sp³-hybridized carbons (Fsp3) is 0.143. The van der Waals surface area contributed by atoms with Crippen molar-refractivity contribution >= 4 is 10.0 Å².